The zero-order valence-corrected chi connectivity index (χ0v) is 16.2. The zero-order chi connectivity index (χ0) is 19.3. The van der Waals surface area contributed by atoms with Gasteiger partial charge in [0.15, 0.2) is 5.82 Å². The molecular formula is C21H15BrN4O2. The van der Waals surface area contributed by atoms with E-state index in [-0.39, 0.29) is 5.91 Å². The van der Waals surface area contributed by atoms with Gasteiger partial charge in [0.1, 0.15) is 5.75 Å². The van der Waals surface area contributed by atoms with Gasteiger partial charge in [0, 0.05) is 34.2 Å². The fraction of sp³-hybridized carbons (Fsp3) is 0. The lowest BCUT2D eigenvalue weighted by atomic mass is 10.2. The van der Waals surface area contributed by atoms with Crippen molar-refractivity contribution in [2.24, 2.45) is 0 Å². The second-order valence-corrected chi connectivity index (χ2v) is 6.83. The van der Waals surface area contributed by atoms with Crippen molar-refractivity contribution in [3.05, 3.63) is 95.2 Å². The number of benzene rings is 2. The van der Waals surface area contributed by atoms with Crippen LogP contribution < -0.4 is 10.1 Å². The average Bonchev–Trinajstić information content (AvgIpc) is 3.25. The molecule has 138 valence electrons. The van der Waals surface area contributed by atoms with Gasteiger partial charge in [0.05, 0.1) is 0 Å². The van der Waals surface area contributed by atoms with Crippen LogP contribution in [-0.2, 0) is 0 Å². The van der Waals surface area contributed by atoms with E-state index in [2.05, 4.69) is 31.4 Å². The molecule has 7 heteroatoms. The third-order valence-electron chi connectivity index (χ3n) is 3.92. The lowest BCUT2D eigenvalue weighted by Crippen LogP contribution is -2.11. The first-order chi connectivity index (χ1) is 13.7. The van der Waals surface area contributed by atoms with Gasteiger partial charge in [-0.15, -0.1) is 10.2 Å². The van der Waals surface area contributed by atoms with Gasteiger partial charge in [-0.3, -0.25) is 4.79 Å². The number of nitrogens with zero attached hydrogens (tertiary/aromatic N) is 3. The molecule has 4 aromatic rings. The van der Waals surface area contributed by atoms with Crippen LogP contribution in [0.1, 0.15) is 10.4 Å². The Hall–Kier alpha value is -3.45. The molecule has 1 amide bonds. The van der Waals surface area contributed by atoms with Gasteiger partial charge in [0.25, 0.3) is 5.91 Å². The summed E-state index contributed by atoms with van der Waals surface area (Å²) in [6, 6.07) is 21.7. The molecule has 0 bridgehead atoms. The van der Waals surface area contributed by atoms with Gasteiger partial charge < -0.3 is 14.6 Å². The van der Waals surface area contributed by atoms with Gasteiger partial charge in [-0.25, -0.2) is 0 Å². The van der Waals surface area contributed by atoms with Crippen LogP contribution in [0.2, 0.25) is 0 Å². The van der Waals surface area contributed by atoms with Crippen molar-refractivity contribution < 1.29 is 9.53 Å². The Balaban J connectivity index is 1.40. The molecule has 0 aliphatic rings. The summed E-state index contributed by atoms with van der Waals surface area (Å²) in [6.45, 7) is 0. The Morgan fingerprint density at radius 3 is 2.39 bits per heavy atom. The number of rotatable bonds is 5. The fourth-order valence-electron chi connectivity index (χ4n) is 2.55. The van der Waals surface area contributed by atoms with E-state index in [0.29, 0.717) is 28.7 Å². The smallest absolute Gasteiger partial charge is 0.255 e. The standard InChI is InChI=1S/C21H15BrN4O2/c22-16-5-3-4-15(14-16)21(27)23-17-6-8-18(9-7-17)28-20-11-10-19(24-25-20)26-12-1-2-13-26/h1-14H,(H,23,27). The van der Waals surface area contributed by atoms with E-state index in [9.17, 15) is 4.79 Å². The van der Waals surface area contributed by atoms with Crippen molar-refractivity contribution in [1.82, 2.24) is 14.8 Å². The highest BCUT2D eigenvalue weighted by molar-refractivity contribution is 9.10. The molecule has 0 saturated carbocycles. The van der Waals surface area contributed by atoms with Gasteiger partial charge in [-0.1, -0.05) is 22.0 Å². The normalized spacial score (nSPS) is 10.5. The molecule has 4 rings (SSSR count). The molecule has 2 aromatic heterocycles. The highest BCUT2D eigenvalue weighted by Crippen LogP contribution is 2.22. The number of carbonyl (C=O) groups excluding carboxylic acids is 1. The van der Waals surface area contributed by atoms with E-state index in [4.69, 9.17) is 4.74 Å². The summed E-state index contributed by atoms with van der Waals surface area (Å²) in [4.78, 5) is 12.3. The quantitative estimate of drug-likeness (QED) is 0.475. The molecule has 0 aliphatic heterocycles. The molecule has 0 unspecified atom stereocenters. The molecule has 0 fully saturated rings. The zero-order valence-electron chi connectivity index (χ0n) is 14.6. The van der Waals surface area contributed by atoms with Gasteiger partial charge in [-0.05, 0) is 60.7 Å². The number of halogens is 1. The Labute approximate surface area is 169 Å². The van der Waals surface area contributed by atoms with E-state index >= 15 is 0 Å². The SMILES string of the molecule is O=C(Nc1ccc(Oc2ccc(-n3cccc3)nn2)cc1)c1cccc(Br)c1. The van der Waals surface area contributed by atoms with Crippen LogP contribution >= 0.6 is 15.9 Å². The number of hydrogen-bond donors (Lipinski definition) is 1. The van der Waals surface area contributed by atoms with Crippen LogP contribution in [0.4, 0.5) is 5.69 Å². The fourth-order valence-corrected chi connectivity index (χ4v) is 2.95. The number of anilines is 1. The number of aromatic nitrogens is 3. The monoisotopic (exact) mass is 434 g/mol. The van der Waals surface area contributed by atoms with Crippen molar-refractivity contribution in [2.75, 3.05) is 5.32 Å². The predicted molar refractivity (Wildman–Crippen MR) is 110 cm³/mol. The molecule has 28 heavy (non-hydrogen) atoms. The van der Waals surface area contributed by atoms with Crippen LogP contribution in [0.15, 0.2) is 89.7 Å². The molecule has 0 spiro atoms. The third-order valence-corrected chi connectivity index (χ3v) is 4.41. The molecular weight excluding hydrogens is 420 g/mol. The lowest BCUT2D eigenvalue weighted by molar-refractivity contribution is 0.102. The Morgan fingerprint density at radius 1 is 0.929 bits per heavy atom. The minimum Gasteiger partial charge on any atom is -0.438 e. The van der Waals surface area contributed by atoms with E-state index in [1.165, 1.54) is 0 Å². The second-order valence-electron chi connectivity index (χ2n) is 5.91. The average molecular weight is 435 g/mol. The molecule has 0 saturated heterocycles. The maximum atomic E-state index is 12.3. The summed E-state index contributed by atoms with van der Waals surface area (Å²) >= 11 is 3.36. The summed E-state index contributed by atoms with van der Waals surface area (Å²) < 4.78 is 8.42. The van der Waals surface area contributed by atoms with Gasteiger partial charge >= 0.3 is 0 Å². The molecule has 2 aromatic carbocycles. The van der Waals surface area contributed by atoms with Crippen LogP contribution in [0.5, 0.6) is 11.6 Å². The maximum Gasteiger partial charge on any atom is 0.255 e. The summed E-state index contributed by atoms with van der Waals surface area (Å²) in [5, 5.41) is 11.1. The molecule has 2 heterocycles. The van der Waals surface area contributed by atoms with Gasteiger partial charge in [-0.2, -0.15) is 0 Å². The maximum absolute atomic E-state index is 12.3. The van der Waals surface area contributed by atoms with Crippen LogP contribution in [0, 0.1) is 0 Å². The molecule has 0 aliphatic carbocycles. The number of nitrogens with one attached hydrogen (secondary N) is 1. The van der Waals surface area contributed by atoms with Crippen molar-refractivity contribution in [3.8, 4) is 17.4 Å². The summed E-state index contributed by atoms with van der Waals surface area (Å²) in [5.41, 5.74) is 1.25. The lowest BCUT2D eigenvalue weighted by Gasteiger charge is -2.08. The van der Waals surface area contributed by atoms with E-state index < -0.39 is 0 Å². The van der Waals surface area contributed by atoms with Crippen molar-refractivity contribution in [3.63, 3.8) is 0 Å². The Morgan fingerprint density at radius 2 is 1.71 bits per heavy atom. The third kappa shape index (κ3) is 4.27. The molecule has 6 nitrogen and oxygen atoms in total. The summed E-state index contributed by atoms with van der Waals surface area (Å²) in [5.74, 6) is 1.52. The topological polar surface area (TPSA) is 69.0 Å². The van der Waals surface area contributed by atoms with Crippen LogP contribution in [-0.4, -0.2) is 20.7 Å². The minimum absolute atomic E-state index is 0.179. The minimum atomic E-state index is -0.179. The number of hydrogen-bond acceptors (Lipinski definition) is 4. The molecule has 0 radical (unpaired) electrons. The second kappa shape index (κ2) is 8.06. The Bertz CT molecular complexity index is 1080. The highest BCUT2D eigenvalue weighted by Gasteiger charge is 2.07. The van der Waals surface area contributed by atoms with Crippen molar-refractivity contribution in [2.45, 2.75) is 0 Å². The highest BCUT2D eigenvalue weighted by atomic mass is 79.9. The van der Waals surface area contributed by atoms with E-state index in [0.717, 1.165) is 4.47 Å². The predicted octanol–water partition coefficient (Wildman–Crippen LogP) is 5.07. The first kappa shape index (κ1) is 17.9. The summed E-state index contributed by atoms with van der Waals surface area (Å²) in [7, 11) is 0. The largest absolute Gasteiger partial charge is 0.438 e. The van der Waals surface area contributed by atoms with Crippen LogP contribution in [0.25, 0.3) is 5.82 Å². The first-order valence-electron chi connectivity index (χ1n) is 8.49. The first-order valence-corrected chi connectivity index (χ1v) is 9.28. The molecule has 1 N–H and O–H groups in total. The number of ether oxygens (including phenoxy) is 1. The van der Waals surface area contributed by atoms with Crippen molar-refractivity contribution >= 4 is 27.5 Å². The number of amides is 1. The number of carbonyl (C=O) groups is 1. The Kier molecular flexibility index (Phi) is 5.16. The van der Waals surface area contributed by atoms with E-state index in [1.54, 1.807) is 42.5 Å². The summed E-state index contributed by atoms with van der Waals surface area (Å²) in [6.07, 6.45) is 3.79. The van der Waals surface area contributed by atoms with Crippen LogP contribution in [0.3, 0.4) is 0 Å². The van der Waals surface area contributed by atoms with Crippen molar-refractivity contribution in [1.29, 1.82) is 0 Å². The molecule has 0 atom stereocenters. The van der Waals surface area contributed by atoms with Gasteiger partial charge in [0.2, 0.25) is 5.88 Å². The van der Waals surface area contributed by atoms with E-state index in [1.807, 2.05) is 47.3 Å².